The molecule has 3 rings (SSSR count). The van der Waals surface area contributed by atoms with Gasteiger partial charge in [0.1, 0.15) is 5.82 Å². The fraction of sp³-hybridized carbons (Fsp3) is 0.400. The van der Waals surface area contributed by atoms with Gasteiger partial charge in [0.25, 0.3) is 0 Å². The average Bonchev–Trinajstić information content (AvgIpc) is 2.85. The van der Waals surface area contributed by atoms with Crippen molar-refractivity contribution in [2.45, 2.75) is 12.6 Å². The molecule has 0 bridgehead atoms. The summed E-state index contributed by atoms with van der Waals surface area (Å²) in [7, 11) is 2.00. The Kier molecular flexibility index (Phi) is 3.80. The zero-order valence-corrected chi connectivity index (χ0v) is 11.6. The van der Waals surface area contributed by atoms with Crippen molar-refractivity contribution < 1.29 is 4.39 Å². The van der Waals surface area contributed by atoms with Gasteiger partial charge in [-0.1, -0.05) is 12.1 Å². The van der Waals surface area contributed by atoms with Gasteiger partial charge in [0.15, 0.2) is 0 Å². The third-order valence-electron chi connectivity index (χ3n) is 3.87. The van der Waals surface area contributed by atoms with E-state index < -0.39 is 0 Å². The van der Waals surface area contributed by atoms with E-state index in [1.807, 2.05) is 30.2 Å². The quantitative estimate of drug-likeness (QED) is 0.925. The Morgan fingerprint density at radius 3 is 3.10 bits per heavy atom. The zero-order valence-electron chi connectivity index (χ0n) is 11.6. The second-order valence-corrected chi connectivity index (χ2v) is 5.24. The number of aryl methyl sites for hydroxylation is 1. The minimum Gasteiger partial charge on any atom is -0.337 e. The van der Waals surface area contributed by atoms with Crippen LogP contribution in [0.3, 0.4) is 0 Å². The number of piperazine rings is 1. The second-order valence-electron chi connectivity index (χ2n) is 5.24. The lowest BCUT2D eigenvalue weighted by Crippen LogP contribution is -2.45. The molecular weight excluding hydrogens is 255 g/mol. The number of imidazole rings is 1. The van der Waals surface area contributed by atoms with Crippen LogP contribution in [0.25, 0.3) is 0 Å². The van der Waals surface area contributed by atoms with Crippen molar-refractivity contribution in [1.29, 1.82) is 0 Å². The minimum absolute atomic E-state index is 0.173. The molecule has 2 aromatic rings. The van der Waals surface area contributed by atoms with Crippen LogP contribution in [0, 0.1) is 5.82 Å². The first-order valence-electron chi connectivity index (χ1n) is 6.89. The predicted octanol–water partition coefficient (Wildman–Crippen LogP) is 1.71. The van der Waals surface area contributed by atoms with Gasteiger partial charge in [-0.2, -0.15) is 0 Å². The lowest BCUT2D eigenvalue weighted by molar-refractivity contribution is 0.150. The number of aromatic nitrogens is 2. The highest BCUT2D eigenvalue weighted by Crippen LogP contribution is 2.24. The summed E-state index contributed by atoms with van der Waals surface area (Å²) in [6, 6.07) is 7.10. The molecule has 5 heteroatoms. The maximum absolute atomic E-state index is 13.4. The van der Waals surface area contributed by atoms with Crippen molar-refractivity contribution in [3.8, 4) is 0 Å². The summed E-state index contributed by atoms with van der Waals surface area (Å²) in [6.07, 6.45) is 3.71. The maximum atomic E-state index is 13.4. The molecule has 0 aliphatic carbocycles. The molecule has 1 aromatic carbocycles. The number of rotatable bonds is 3. The van der Waals surface area contributed by atoms with Gasteiger partial charge in [-0.15, -0.1) is 0 Å². The monoisotopic (exact) mass is 274 g/mol. The van der Waals surface area contributed by atoms with Gasteiger partial charge in [0.05, 0.1) is 12.0 Å². The Hall–Kier alpha value is -1.72. The fourth-order valence-corrected chi connectivity index (χ4v) is 2.72. The topological polar surface area (TPSA) is 33.1 Å². The van der Waals surface area contributed by atoms with Crippen LogP contribution in [-0.2, 0) is 13.6 Å². The van der Waals surface area contributed by atoms with Gasteiger partial charge in [-0.25, -0.2) is 9.37 Å². The van der Waals surface area contributed by atoms with E-state index in [0.29, 0.717) is 0 Å². The molecule has 1 aliphatic rings. The van der Waals surface area contributed by atoms with Crippen LogP contribution in [0.1, 0.15) is 17.3 Å². The van der Waals surface area contributed by atoms with Crippen molar-refractivity contribution in [1.82, 2.24) is 19.8 Å². The number of hydrogen-bond donors (Lipinski definition) is 1. The number of nitrogens with one attached hydrogen (secondary N) is 1. The Balaban J connectivity index is 1.82. The van der Waals surface area contributed by atoms with Crippen molar-refractivity contribution >= 4 is 0 Å². The van der Waals surface area contributed by atoms with Gasteiger partial charge in [-0.3, -0.25) is 4.90 Å². The van der Waals surface area contributed by atoms with E-state index >= 15 is 0 Å². The van der Waals surface area contributed by atoms with Gasteiger partial charge in [0, 0.05) is 45.5 Å². The van der Waals surface area contributed by atoms with E-state index in [1.165, 1.54) is 11.8 Å². The molecule has 1 saturated heterocycles. The number of benzene rings is 1. The molecule has 1 N–H and O–H groups in total. The molecule has 2 heterocycles. The Morgan fingerprint density at radius 1 is 1.45 bits per heavy atom. The third kappa shape index (κ3) is 2.73. The summed E-state index contributed by atoms with van der Waals surface area (Å²) in [5, 5.41) is 3.39. The molecule has 0 radical (unpaired) electrons. The normalized spacial score (nSPS) is 20.2. The van der Waals surface area contributed by atoms with Crippen LogP contribution >= 0.6 is 0 Å². The van der Waals surface area contributed by atoms with Gasteiger partial charge < -0.3 is 9.88 Å². The highest BCUT2D eigenvalue weighted by molar-refractivity contribution is 5.21. The molecular formula is C15H19FN4. The number of halogens is 1. The summed E-state index contributed by atoms with van der Waals surface area (Å²) >= 11 is 0. The molecule has 20 heavy (non-hydrogen) atoms. The van der Waals surface area contributed by atoms with Crippen LogP contribution in [0.2, 0.25) is 0 Å². The van der Waals surface area contributed by atoms with E-state index in [-0.39, 0.29) is 11.9 Å². The first-order chi connectivity index (χ1) is 9.74. The lowest BCUT2D eigenvalue weighted by atomic mass is 10.0. The average molecular weight is 274 g/mol. The molecule has 1 unspecified atom stereocenters. The van der Waals surface area contributed by atoms with Crippen molar-refractivity contribution in [2.24, 2.45) is 7.05 Å². The van der Waals surface area contributed by atoms with Gasteiger partial charge in [-0.05, 0) is 17.7 Å². The smallest absolute Gasteiger partial charge is 0.123 e. The molecule has 1 aromatic heterocycles. The summed E-state index contributed by atoms with van der Waals surface area (Å²) in [5.74, 6) is -0.173. The first-order valence-corrected chi connectivity index (χ1v) is 6.89. The summed E-state index contributed by atoms with van der Waals surface area (Å²) in [6.45, 7) is 3.59. The summed E-state index contributed by atoms with van der Waals surface area (Å²) in [5.41, 5.74) is 2.20. The molecule has 0 saturated carbocycles. The van der Waals surface area contributed by atoms with Crippen molar-refractivity contribution in [3.05, 3.63) is 53.9 Å². The van der Waals surface area contributed by atoms with E-state index in [9.17, 15) is 4.39 Å². The SMILES string of the molecule is Cn1cncc1CN1CCNCC1c1cccc(F)c1. The van der Waals surface area contributed by atoms with Crippen LogP contribution < -0.4 is 5.32 Å². The van der Waals surface area contributed by atoms with Crippen LogP contribution in [0.4, 0.5) is 4.39 Å². The molecule has 0 spiro atoms. The third-order valence-corrected chi connectivity index (χ3v) is 3.87. The Morgan fingerprint density at radius 2 is 2.35 bits per heavy atom. The fourth-order valence-electron chi connectivity index (χ4n) is 2.72. The maximum Gasteiger partial charge on any atom is 0.123 e. The van der Waals surface area contributed by atoms with E-state index in [4.69, 9.17) is 0 Å². The van der Waals surface area contributed by atoms with Gasteiger partial charge >= 0.3 is 0 Å². The number of hydrogen-bond acceptors (Lipinski definition) is 3. The summed E-state index contributed by atoms with van der Waals surface area (Å²) in [4.78, 5) is 6.54. The Bertz CT molecular complexity index is 581. The second kappa shape index (κ2) is 5.73. The molecule has 1 atom stereocenters. The highest BCUT2D eigenvalue weighted by Gasteiger charge is 2.24. The Labute approximate surface area is 118 Å². The molecule has 0 amide bonds. The standard InChI is InChI=1S/C15H19FN4/c1-19-11-18-8-14(19)10-20-6-5-17-9-15(20)12-3-2-4-13(16)7-12/h2-4,7-8,11,15,17H,5-6,9-10H2,1H3. The van der Waals surface area contributed by atoms with Crippen LogP contribution in [0.15, 0.2) is 36.8 Å². The van der Waals surface area contributed by atoms with Gasteiger partial charge in [0.2, 0.25) is 0 Å². The highest BCUT2D eigenvalue weighted by atomic mass is 19.1. The van der Waals surface area contributed by atoms with E-state index in [1.54, 1.807) is 12.1 Å². The van der Waals surface area contributed by atoms with E-state index in [2.05, 4.69) is 15.2 Å². The molecule has 4 nitrogen and oxygen atoms in total. The first kappa shape index (κ1) is 13.3. The minimum atomic E-state index is -0.173. The van der Waals surface area contributed by atoms with Crippen LogP contribution in [-0.4, -0.2) is 34.1 Å². The predicted molar refractivity (Wildman–Crippen MR) is 75.6 cm³/mol. The largest absolute Gasteiger partial charge is 0.337 e. The van der Waals surface area contributed by atoms with Crippen molar-refractivity contribution in [3.63, 3.8) is 0 Å². The summed E-state index contributed by atoms with van der Waals surface area (Å²) < 4.78 is 15.5. The molecule has 1 aliphatic heterocycles. The van der Waals surface area contributed by atoms with E-state index in [0.717, 1.165) is 31.7 Å². The molecule has 106 valence electrons. The van der Waals surface area contributed by atoms with Crippen molar-refractivity contribution in [2.75, 3.05) is 19.6 Å². The lowest BCUT2D eigenvalue weighted by Gasteiger charge is -2.36. The zero-order chi connectivity index (χ0) is 13.9. The van der Waals surface area contributed by atoms with Crippen LogP contribution in [0.5, 0.6) is 0 Å². The molecule has 1 fully saturated rings. The number of nitrogens with zero attached hydrogens (tertiary/aromatic N) is 3.